The number of hydrogen-bond donors (Lipinski definition) is 1. The van der Waals surface area contributed by atoms with E-state index in [9.17, 15) is 0 Å². The zero-order chi connectivity index (χ0) is 11.9. The molecule has 0 amide bonds. The second kappa shape index (κ2) is 15.0. The molecule has 0 aliphatic heterocycles. The van der Waals surface area contributed by atoms with Crippen LogP contribution in [-0.4, -0.2) is 6.54 Å². The number of nitrogens with two attached hydrogens (primary N) is 1. The molecule has 0 bridgehead atoms. The minimum Gasteiger partial charge on any atom is -0.330 e. The Bertz CT molecular complexity index is 98.0. The third-order valence-corrected chi connectivity index (χ3v) is 3.02. The lowest BCUT2D eigenvalue weighted by Gasteiger charge is -2.02. The molecule has 0 aliphatic carbocycles. The number of rotatable bonds is 13. The van der Waals surface area contributed by atoms with Gasteiger partial charge < -0.3 is 5.73 Å². The van der Waals surface area contributed by atoms with Gasteiger partial charge in [0.1, 0.15) is 0 Å². The summed E-state index contributed by atoms with van der Waals surface area (Å²) in [4.78, 5) is 0. The molecule has 0 unspecified atom stereocenters. The molecule has 0 rings (SSSR count). The highest BCUT2D eigenvalue weighted by Crippen LogP contribution is 2.11. The Labute approximate surface area is 103 Å². The number of unbranched alkanes of at least 4 members (excludes halogenated alkanes) is 12. The first-order chi connectivity index (χ1) is 7.91. The highest BCUT2D eigenvalue weighted by Gasteiger charge is 1.93. The lowest BCUT2D eigenvalue weighted by atomic mass is 10.0. The summed E-state index contributed by atoms with van der Waals surface area (Å²) >= 11 is 0. The Morgan fingerprint density at radius 1 is 0.688 bits per heavy atom. The number of hydrogen-bond acceptors (Lipinski definition) is 1. The molecule has 0 saturated carbocycles. The Balaban J connectivity index is 2.83. The van der Waals surface area contributed by atoms with Crippen molar-refractivity contribution in [3.05, 3.63) is 13.3 Å². The molecule has 0 saturated heterocycles. The van der Waals surface area contributed by atoms with Crippen LogP contribution in [0.2, 0.25) is 0 Å². The van der Waals surface area contributed by atoms with Gasteiger partial charge in [-0.1, -0.05) is 71.1 Å². The zero-order valence-corrected chi connectivity index (χ0v) is 11.1. The molecule has 96 valence electrons. The molecule has 2 radical (unpaired) electrons. The molecule has 0 aromatic carbocycles. The van der Waals surface area contributed by atoms with E-state index in [1.165, 1.54) is 64.2 Å². The maximum atomic E-state index is 5.44. The van der Waals surface area contributed by atoms with Crippen LogP contribution in [0.1, 0.15) is 77.0 Å². The normalized spacial score (nSPS) is 10.9. The Hall–Kier alpha value is -0.0400. The van der Waals surface area contributed by atoms with Crippen molar-refractivity contribution in [3.63, 3.8) is 0 Å². The van der Waals surface area contributed by atoms with Gasteiger partial charge in [-0.2, -0.15) is 0 Å². The lowest BCUT2D eigenvalue weighted by molar-refractivity contribution is 0.565. The fourth-order valence-electron chi connectivity index (χ4n) is 1.93. The largest absolute Gasteiger partial charge is 0.330 e. The molecule has 0 heterocycles. The van der Waals surface area contributed by atoms with Crippen LogP contribution in [0.5, 0.6) is 0 Å². The van der Waals surface area contributed by atoms with Crippen molar-refractivity contribution in [3.8, 4) is 0 Å². The topological polar surface area (TPSA) is 26.0 Å². The summed E-state index contributed by atoms with van der Waals surface area (Å²) in [6.45, 7) is 4.70. The van der Waals surface area contributed by atoms with Crippen LogP contribution in [0.25, 0.3) is 0 Å². The lowest BCUT2D eigenvalue weighted by Crippen LogP contribution is -1.97. The zero-order valence-electron chi connectivity index (χ0n) is 11.1. The van der Waals surface area contributed by atoms with Crippen molar-refractivity contribution in [2.75, 3.05) is 6.54 Å². The molecule has 1 nitrogen and oxygen atoms in total. The first-order valence-corrected chi connectivity index (χ1v) is 7.22. The van der Waals surface area contributed by atoms with E-state index in [4.69, 9.17) is 5.73 Å². The molecule has 0 spiro atoms. The summed E-state index contributed by atoms with van der Waals surface area (Å²) in [5, 5.41) is 0. The van der Waals surface area contributed by atoms with Crippen LogP contribution in [0.15, 0.2) is 0 Å². The van der Waals surface area contributed by atoms with Crippen LogP contribution in [0, 0.1) is 13.3 Å². The first kappa shape index (κ1) is 16.0. The van der Waals surface area contributed by atoms with E-state index >= 15 is 0 Å². The summed E-state index contributed by atoms with van der Waals surface area (Å²) in [5.74, 6) is 0. The molecule has 0 fully saturated rings. The maximum absolute atomic E-state index is 5.44. The first-order valence-electron chi connectivity index (χ1n) is 7.22. The van der Waals surface area contributed by atoms with Gasteiger partial charge in [0.25, 0.3) is 0 Å². The van der Waals surface area contributed by atoms with Gasteiger partial charge in [-0.25, -0.2) is 0 Å². The van der Waals surface area contributed by atoms with Crippen LogP contribution in [0.3, 0.4) is 0 Å². The Kier molecular flexibility index (Phi) is 14.9. The van der Waals surface area contributed by atoms with Crippen LogP contribution in [-0.2, 0) is 0 Å². The van der Waals surface area contributed by atoms with Crippen molar-refractivity contribution in [1.29, 1.82) is 0 Å². The average molecular weight is 225 g/mol. The van der Waals surface area contributed by atoms with E-state index in [0.29, 0.717) is 0 Å². The summed E-state index contributed by atoms with van der Waals surface area (Å²) in [6, 6.07) is 0. The molecular formula is C15H31N. The quantitative estimate of drug-likeness (QED) is 0.453. The SMILES string of the molecule is [CH2]CCCCCCCCCC[CH]CCCN. The summed E-state index contributed by atoms with van der Waals surface area (Å²) in [6.07, 6.45) is 18.4. The van der Waals surface area contributed by atoms with Crippen molar-refractivity contribution < 1.29 is 0 Å². The predicted octanol–water partition coefficient (Wildman–Crippen LogP) is 4.66. The fraction of sp³-hybridized carbons (Fsp3) is 0.867. The third kappa shape index (κ3) is 14.0. The fourth-order valence-corrected chi connectivity index (χ4v) is 1.93. The summed E-state index contributed by atoms with van der Waals surface area (Å²) in [7, 11) is 0. The van der Waals surface area contributed by atoms with E-state index in [1.54, 1.807) is 0 Å². The molecule has 2 N–H and O–H groups in total. The molecule has 0 aromatic rings. The monoisotopic (exact) mass is 225 g/mol. The van der Waals surface area contributed by atoms with E-state index in [2.05, 4.69) is 13.3 Å². The van der Waals surface area contributed by atoms with Gasteiger partial charge in [0.2, 0.25) is 0 Å². The highest BCUT2D eigenvalue weighted by atomic mass is 14.5. The van der Waals surface area contributed by atoms with Gasteiger partial charge in [0, 0.05) is 0 Å². The van der Waals surface area contributed by atoms with E-state index < -0.39 is 0 Å². The smallest absolute Gasteiger partial charge is 0.00772 e. The van der Waals surface area contributed by atoms with Crippen molar-refractivity contribution in [2.45, 2.75) is 77.0 Å². The van der Waals surface area contributed by atoms with Crippen molar-refractivity contribution in [1.82, 2.24) is 0 Å². The average Bonchev–Trinajstić information content (AvgIpc) is 2.31. The third-order valence-electron chi connectivity index (χ3n) is 3.02. The van der Waals surface area contributed by atoms with Gasteiger partial charge in [0.05, 0.1) is 0 Å². The van der Waals surface area contributed by atoms with E-state index in [-0.39, 0.29) is 0 Å². The van der Waals surface area contributed by atoms with Crippen LogP contribution in [0.4, 0.5) is 0 Å². The van der Waals surface area contributed by atoms with Crippen LogP contribution >= 0.6 is 0 Å². The van der Waals surface area contributed by atoms with Gasteiger partial charge >= 0.3 is 0 Å². The van der Waals surface area contributed by atoms with Gasteiger partial charge in [-0.15, -0.1) is 0 Å². The summed E-state index contributed by atoms with van der Waals surface area (Å²) < 4.78 is 0. The molecule has 1 heteroatoms. The highest BCUT2D eigenvalue weighted by molar-refractivity contribution is 4.64. The van der Waals surface area contributed by atoms with Crippen molar-refractivity contribution in [2.24, 2.45) is 5.73 Å². The second-order valence-electron chi connectivity index (χ2n) is 4.69. The Morgan fingerprint density at radius 3 is 1.75 bits per heavy atom. The van der Waals surface area contributed by atoms with Gasteiger partial charge in [-0.05, 0) is 25.8 Å². The molecular weight excluding hydrogens is 194 g/mol. The maximum Gasteiger partial charge on any atom is -0.00772 e. The van der Waals surface area contributed by atoms with Crippen LogP contribution < -0.4 is 5.73 Å². The molecule has 16 heavy (non-hydrogen) atoms. The minimum absolute atomic E-state index is 0.837. The summed E-state index contributed by atoms with van der Waals surface area (Å²) in [5.41, 5.74) is 5.44. The second-order valence-corrected chi connectivity index (χ2v) is 4.69. The standard InChI is InChI=1S/C15H31N/c1-2-3-4-5-6-7-8-9-10-11-12-13-14-15-16/h12H,1-11,13-16H2. The van der Waals surface area contributed by atoms with Crippen molar-refractivity contribution >= 4 is 0 Å². The van der Waals surface area contributed by atoms with Gasteiger partial charge in [-0.3, -0.25) is 0 Å². The molecule has 0 aromatic heterocycles. The van der Waals surface area contributed by atoms with E-state index in [1.807, 2.05) is 0 Å². The Morgan fingerprint density at radius 2 is 1.19 bits per heavy atom. The minimum atomic E-state index is 0.837. The van der Waals surface area contributed by atoms with Gasteiger partial charge in [0.15, 0.2) is 0 Å². The van der Waals surface area contributed by atoms with E-state index in [0.717, 1.165) is 19.4 Å². The predicted molar refractivity (Wildman–Crippen MR) is 74.1 cm³/mol. The molecule has 0 atom stereocenters. The molecule has 0 aliphatic rings.